The van der Waals surface area contributed by atoms with Crippen LogP contribution in [0.3, 0.4) is 0 Å². The van der Waals surface area contributed by atoms with E-state index < -0.39 is 27.0 Å². The van der Waals surface area contributed by atoms with Crippen LogP contribution in [0.2, 0.25) is 0 Å². The highest BCUT2D eigenvalue weighted by Gasteiger charge is 2.39. The average Bonchev–Trinajstić information content (AvgIpc) is 3.56. The molecular formula is C39H55N7O6S. The number of amides is 2. The molecule has 1 aliphatic rings. The number of rotatable bonds is 22. The third-order valence-corrected chi connectivity index (χ3v) is 10.2. The molecule has 2 aromatic carbocycles. The number of aromatic nitrogens is 2. The van der Waals surface area contributed by atoms with E-state index in [0.717, 1.165) is 36.0 Å². The van der Waals surface area contributed by atoms with Crippen molar-refractivity contribution in [2.45, 2.75) is 134 Å². The van der Waals surface area contributed by atoms with Crippen molar-refractivity contribution in [1.29, 1.82) is 0 Å². The maximum atomic E-state index is 13.8. The lowest BCUT2D eigenvalue weighted by Gasteiger charge is -2.15. The number of unbranched alkanes of at least 4 members (excludes halogenated alkanes) is 14. The van der Waals surface area contributed by atoms with Crippen LogP contribution in [0.1, 0.15) is 121 Å². The molecule has 2 N–H and O–H groups in total. The van der Waals surface area contributed by atoms with Gasteiger partial charge in [-0.1, -0.05) is 115 Å². The predicted molar refractivity (Wildman–Crippen MR) is 206 cm³/mol. The fraction of sp³-hybridized carbons (Fsp3) is 0.538. The maximum absolute atomic E-state index is 13.8. The van der Waals surface area contributed by atoms with Gasteiger partial charge in [-0.2, -0.15) is 28.8 Å². The Morgan fingerprint density at radius 1 is 0.887 bits per heavy atom. The number of hydrazone groups is 1. The van der Waals surface area contributed by atoms with Crippen LogP contribution >= 0.6 is 0 Å². The molecule has 0 fully saturated rings. The third kappa shape index (κ3) is 12.6. The summed E-state index contributed by atoms with van der Waals surface area (Å²) in [7, 11) is -3.01. The van der Waals surface area contributed by atoms with Gasteiger partial charge in [-0.25, -0.2) is 0 Å². The highest BCUT2D eigenvalue weighted by Crippen LogP contribution is 2.34. The van der Waals surface area contributed by atoms with E-state index >= 15 is 0 Å². The zero-order valence-electron chi connectivity index (χ0n) is 31.6. The molecule has 288 valence electrons. The van der Waals surface area contributed by atoms with Crippen LogP contribution in [-0.4, -0.2) is 46.4 Å². The number of aryl methyl sites for hydroxylation is 2. The van der Waals surface area contributed by atoms with Gasteiger partial charge in [0.25, 0.3) is 16.0 Å². The molecule has 2 amide bonds. The molecule has 2 heterocycles. The first kappa shape index (κ1) is 41.3. The summed E-state index contributed by atoms with van der Waals surface area (Å²) < 4.78 is 42.2. The number of azo groups is 1. The lowest BCUT2D eigenvalue weighted by molar-refractivity contribution is -0.119. The maximum Gasteiger partial charge on any atom is 0.298 e. The van der Waals surface area contributed by atoms with Crippen molar-refractivity contribution in [3.05, 3.63) is 59.9 Å². The Labute approximate surface area is 314 Å². The lowest BCUT2D eigenvalue weighted by Crippen LogP contribution is -2.39. The van der Waals surface area contributed by atoms with Crippen molar-refractivity contribution < 1.29 is 27.3 Å². The Balaban J connectivity index is 1.36. The molecule has 1 aromatic heterocycles. The van der Waals surface area contributed by atoms with E-state index in [2.05, 4.69) is 32.7 Å². The van der Waals surface area contributed by atoms with E-state index in [4.69, 9.17) is 4.74 Å². The Morgan fingerprint density at radius 2 is 1.47 bits per heavy atom. The number of nitrogens with zero attached hydrogens (tertiary/aromatic N) is 6. The summed E-state index contributed by atoms with van der Waals surface area (Å²) in [5, 5.41) is 21.0. The number of benzene rings is 2. The fourth-order valence-electron chi connectivity index (χ4n) is 6.24. The van der Waals surface area contributed by atoms with E-state index in [1.807, 2.05) is 6.92 Å². The van der Waals surface area contributed by atoms with Crippen LogP contribution in [0.5, 0.6) is 11.5 Å². The second-order valence-corrected chi connectivity index (χ2v) is 15.1. The van der Waals surface area contributed by atoms with Crippen LogP contribution in [-0.2, 0) is 26.8 Å². The molecule has 4 rings (SSSR count). The SMILES string of the molecule is CCCCCCCCCCCCCCCCCC(=O)NC1=NN(c2ccc(Oc3ccccc3)c(S(=O)(=O)O)c2)C(=O)C1/N=N/c1c(C)nn(C)c1C. The average molecular weight is 750 g/mol. The first-order chi connectivity index (χ1) is 25.5. The second-order valence-electron chi connectivity index (χ2n) is 13.7. The minimum atomic E-state index is -4.78. The zero-order valence-corrected chi connectivity index (χ0v) is 32.4. The number of nitrogens with one attached hydrogen (secondary N) is 1. The standard InChI is InChI=1S/C39H55N7O6S/c1-5-6-7-8-9-10-11-12-13-14-15-16-17-18-22-25-35(47)40-38-37(42-41-36-29(2)43-45(4)30(36)3)39(48)46(44-38)31-26-27-33(34(28-31)53(49,50)51)52-32-23-20-19-21-24-32/h19-21,23-24,26-28,37H,5-18,22,25H2,1-4H3,(H,40,44,47)(H,49,50,51)/b42-41+. The smallest absolute Gasteiger partial charge is 0.298 e. The van der Waals surface area contributed by atoms with Crippen molar-refractivity contribution in [2.75, 3.05) is 5.01 Å². The highest BCUT2D eigenvalue weighted by atomic mass is 32.2. The zero-order chi connectivity index (χ0) is 38.2. The fourth-order valence-corrected chi connectivity index (χ4v) is 6.88. The van der Waals surface area contributed by atoms with Gasteiger partial charge >= 0.3 is 0 Å². The van der Waals surface area contributed by atoms with Gasteiger partial charge in [0, 0.05) is 13.5 Å². The molecule has 1 unspecified atom stereocenters. The number of ether oxygens (including phenoxy) is 1. The predicted octanol–water partition coefficient (Wildman–Crippen LogP) is 9.27. The van der Waals surface area contributed by atoms with Gasteiger partial charge in [0.05, 0.1) is 17.1 Å². The second kappa shape index (κ2) is 20.7. The van der Waals surface area contributed by atoms with Gasteiger partial charge < -0.3 is 10.1 Å². The number of hydrogen-bond acceptors (Lipinski definition) is 9. The molecule has 0 bridgehead atoms. The Morgan fingerprint density at radius 3 is 2.02 bits per heavy atom. The summed E-state index contributed by atoms with van der Waals surface area (Å²) in [6.45, 7) is 5.84. The van der Waals surface area contributed by atoms with Crippen molar-refractivity contribution >= 4 is 39.1 Å². The number of carbonyl (C=O) groups is 2. The Bertz CT molecular complexity index is 1820. The summed E-state index contributed by atoms with van der Waals surface area (Å²) in [6.07, 6.45) is 18.6. The number of hydrogen-bond donors (Lipinski definition) is 2. The minimum Gasteiger partial charge on any atom is -0.456 e. The van der Waals surface area contributed by atoms with E-state index in [9.17, 15) is 22.6 Å². The van der Waals surface area contributed by atoms with Crippen LogP contribution in [0.15, 0.2) is 68.8 Å². The summed E-state index contributed by atoms with van der Waals surface area (Å²) in [4.78, 5) is 26.3. The summed E-state index contributed by atoms with van der Waals surface area (Å²) >= 11 is 0. The molecule has 0 radical (unpaired) electrons. The van der Waals surface area contributed by atoms with E-state index in [1.165, 1.54) is 82.8 Å². The summed E-state index contributed by atoms with van der Waals surface area (Å²) in [5.41, 5.74) is 1.84. The number of carbonyl (C=O) groups excluding carboxylic acids is 2. The lowest BCUT2D eigenvalue weighted by atomic mass is 10.0. The Kier molecular flexibility index (Phi) is 16.2. The van der Waals surface area contributed by atoms with E-state index in [-0.39, 0.29) is 29.6 Å². The third-order valence-electron chi connectivity index (χ3n) is 9.35. The molecule has 0 saturated carbocycles. The highest BCUT2D eigenvalue weighted by molar-refractivity contribution is 7.86. The topological polar surface area (TPSA) is 168 Å². The van der Waals surface area contributed by atoms with Gasteiger partial charge in [0.1, 0.15) is 22.1 Å². The quantitative estimate of drug-likeness (QED) is 0.0586. The van der Waals surface area contributed by atoms with Gasteiger partial charge in [-0.15, -0.1) is 5.10 Å². The monoisotopic (exact) mass is 749 g/mol. The van der Waals surface area contributed by atoms with Gasteiger partial charge in [0.2, 0.25) is 11.9 Å². The van der Waals surface area contributed by atoms with Crippen LogP contribution < -0.4 is 15.1 Å². The first-order valence-corrected chi connectivity index (χ1v) is 20.4. The van der Waals surface area contributed by atoms with Gasteiger partial charge in [-0.3, -0.25) is 18.8 Å². The minimum absolute atomic E-state index is 0.0173. The van der Waals surface area contributed by atoms with E-state index in [1.54, 1.807) is 49.0 Å². The molecule has 13 nitrogen and oxygen atoms in total. The normalized spacial score (nSPS) is 14.7. The van der Waals surface area contributed by atoms with Gasteiger partial charge in [0.15, 0.2) is 5.84 Å². The van der Waals surface area contributed by atoms with Crippen LogP contribution in [0, 0.1) is 13.8 Å². The molecule has 0 aliphatic carbocycles. The number of amidine groups is 1. The first-order valence-electron chi connectivity index (χ1n) is 19.0. The molecule has 0 saturated heterocycles. The molecule has 53 heavy (non-hydrogen) atoms. The Hall–Kier alpha value is -4.43. The molecule has 0 spiro atoms. The molecule has 1 aliphatic heterocycles. The summed E-state index contributed by atoms with van der Waals surface area (Å²) in [6, 6.07) is 11.0. The van der Waals surface area contributed by atoms with Crippen molar-refractivity contribution in [3.8, 4) is 11.5 Å². The molecule has 3 aromatic rings. The van der Waals surface area contributed by atoms with Crippen LogP contribution in [0.4, 0.5) is 11.4 Å². The number of para-hydroxylation sites is 1. The molecular weight excluding hydrogens is 695 g/mol. The van der Waals surface area contributed by atoms with Crippen molar-refractivity contribution in [1.82, 2.24) is 15.1 Å². The number of anilines is 1. The summed E-state index contributed by atoms with van der Waals surface area (Å²) in [5.74, 6) is -0.822. The molecule has 14 heteroatoms. The van der Waals surface area contributed by atoms with Crippen molar-refractivity contribution in [2.24, 2.45) is 22.4 Å². The largest absolute Gasteiger partial charge is 0.456 e. The van der Waals surface area contributed by atoms with Crippen LogP contribution in [0.25, 0.3) is 0 Å². The van der Waals surface area contributed by atoms with E-state index in [0.29, 0.717) is 23.6 Å². The van der Waals surface area contributed by atoms with Gasteiger partial charge in [-0.05, 0) is 50.6 Å². The van der Waals surface area contributed by atoms with Crippen molar-refractivity contribution in [3.63, 3.8) is 0 Å². The molecule has 1 atom stereocenters.